The first-order valence-electron chi connectivity index (χ1n) is 6.25. The van der Waals surface area contributed by atoms with E-state index < -0.39 is 0 Å². The van der Waals surface area contributed by atoms with Gasteiger partial charge in [0.25, 0.3) is 0 Å². The van der Waals surface area contributed by atoms with Crippen LogP contribution in [0.5, 0.6) is 0 Å². The molecule has 0 spiro atoms. The maximum absolute atomic E-state index is 12.0. The SMILES string of the molecule is Cc1cc(C)c(CC(=O)C(C)CCN)c(C)c1. The van der Waals surface area contributed by atoms with Crippen molar-refractivity contribution in [3.8, 4) is 0 Å². The number of nitrogens with two attached hydrogens (primary N) is 1. The molecule has 1 rings (SSSR count). The molecule has 2 heteroatoms. The van der Waals surface area contributed by atoms with Gasteiger partial charge >= 0.3 is 0 Å². The van der Waals surface area contributed by atoms with Gasteiger partial charge in [-0.3, -0.25) is 4.79 Å². The predicted octanol–water partition coefficient (Wildman–Crippen LogP) is 2.71. The highest BCUT2D eigenvalue weighted by Gasteiger charge is 2.15. The molecule has 0 aliphatic rings. The van der Waals surface area contributed by atoms with Crippen molar-refractivity contribution in [2.75, 3.05) is 6.54 Å². The molecule has 0 aliphatic carbocycles. The minimum absolute atomic E-state index is 0.0695. The largest absolute Gasteiger partial charge is 0.330 e. The fourth-order valence-electron chi connectivity index (χ4n) is 2.25. The van der Waals surface area contributed by atoms with Gasteiger partial charge in [-0.25, -0.2) is 0 Å². The van der Waals surface area contributed by atoms with Crippen molar-refractivity contribution in [3.63, 3.8) is 0 Å². The molecule has 1 aromatic rings. The van der Waals surface area contributed by atoms with E-state index >= 15 is 0 Å². The van der Waals surface area contributed by atoms with Crippen LogP contribution >= 0.6 is 0 Å². The normalized spacial score (nSPS) is 12.5. The van der Waals surface area contributed by atoms with Crippen LogP contribution in [0.4, 0.5) is 0 Å². The molecule has 0 amide bonds. The highest BCUT2D eigenvalue weighted by atomic mass is 16.1. The number of aryl methyl sites for hydroxylation is 3. The lowest BCUT2D eigenvalue weighted by atomic mass is 9.91. The third kappa shape index (κ3) is 3.67. The Hall–Kier alpha value is -1.15. The number of rotatable bonds is 5. The molecular weight excluding hydrogens is 210 g/mol. The Labute approximate surface area is 104 Å². The third-order valence-corrected chi connectivity index (χ3v) is 3.34. The van der Waals surface area contributed by atoms with Crippen molar-refractivity contribution in [1.29, 1.82) is 0 Å². The standard InChI is InChI=1S/C15H23NO/c1-10-7-12(3)14(13(4)8-10)9-15(17)11(2)5-6-16/h7-8,11H,5-6,9,16H2,1-4H3. The van der Waals surface area contributed by atoms with Crippen LogP contribution in [-0.2, 0) is 11.2 Å². The zero-order valence-electron chi connectivity index (χ0n) is 11.3. The van der Waals surface area contributed by atoms with Gasteiger partial charge in [0.2, 0.25) is 0 Å². The first kappa shape index (κ1) is 13.9. The lowest BCUT2D eigenvalue weighted by molar-refractivity contribution is -0.121. The third-order valence-electron chi connectivity index (χ3n) is 3.34. The maximum Gasteiger partial charge on any atom is 0.140 e. The van der Waals surface area contributed by atoms with Crippen molar-refractivity contribution in [2.45, 2.75) is 40.5 Å². The zero-order chi connectivity index (χ0) is 13.0. The first-order valence-corrected chi connectivity index (χ1v) is 6.25. The Balaban J connectivity index is 2.85. The van der Waals surface area contributed by atoms with Gasteiger partial charge in [0.15, 0.2) is 0 Å². The summed E-state index contributed by atoms with van der Waals surface area (Å²) in [5.41, 5.74) is 10.4. The number of carbonyl (C=O) groups excluding carboxylic acids is 1. The molecule has 2 N–H and O–H groups in total. The Bertz CT molecular complexity index is 386. The fraction of sp³-hybridized carbons (Fsp3) is 0.533. The van der Waals surface area contributed by atoms with Crippen LogP contribution in [0, 0.1) is 26.7 Å². The molecule has 0 aliphatic heterocycles. The number of hydrogen-bond donors (Lipinski definition) is 1. The highest BCUT2D eigenvalue weighted by molar-refractivity contribution is 5.83. The fourth-order valence-corrected chi connectivity index (χ4v) is 2.25. The van der Waals surface area contributed by atoms with Crippen LogP contribution in [0.3, 0.4) is 0 Å². The minimum atomic E-state index is 0.0695. The smallest absolute Gasteiger partial charge is 0.140 e. The molecule has 0 fully saturated rings. The van der Waals surface area contributed by atoms with Crippen LogP contribution in [0.1, 0.15) is 35.6 Å². The Morgan fingerprint density at radius 1 is 1.24 bits per heavy atom. The van der Waals surface area contributed by atoms with Crippen molar-refractivity contribution in [3.05, 3.63) is 34.4 Å². The van der Waals surface area contributed by atoms with Crippen molar-refractivity contribution < 1.29 is 4.79 Å². The molecule has 0 bridgehead atoms. The average Bonchev–Trinajstić information content (AvgIpc) is 2.23. The zero-order valence-corrected chi connectivity index (χ0v) is 11.3. The molecule has 1 aromatic carbocycles. The van der Waals surface area contributed by atoms with E-state index in [0.717, 1.165) is 6.42 Å². The van der Waals surface area contributed by atoms with E-state index in [1.165, 1.54) is 22.3 Å². The Morgan fingerprint density at radius 2 is 1.76 bits per heavy atom. The van der Waals surface area contributed by atoms with E-state index in [1.54, 1.807) is 0 Å². The molecule has 2 nitrogen and oxygen atoms in total. The summed E-state index contributed by atoms with van der Waals surface area (Å²) < 4.78 is 0. The van der Waals surface area contributed by atoms with Crippen molar-refractivity contribution >= 4 is 5.78 Å². The summed E-state index contributed by atoms with van der Waals surface area (Å²) in [5.74, 6) is 0.366. The lowest BCUT2D eigenvalue weighted by Gasteiger charge is -2.13. The monoisotopic (exact) mass is 233 g/mol. The number of benzene rings is 1. The molecule has 17 heavy (non-hydrogen) atoms. The van der Waals surface area contributed by atoms with Gasteiger partial charge in [-0.05, 0) is 50.4 Å². The van der Waals surface area contributed by atoms with E-state index in [2.05, 4.69) is 32.9 Å². The molecule has 0 heterocycles. The van der Waals surface area contributed by atoms with Gasteiger partial charge in [-0.2, -0.15) is 0 Å². The van der Waals surface area contributed by atoms with E-state index in [-0.39, 0.29) is 5.92 Å². The molecule has 1 unspecified atom stereocenters. The second-order valence-corrected chi connectivity index (χ2v) is 5.00. The van der Waals surface area contributed by atoms with Crippen LogP contribution in [0.25, 0.3) is 0 Å². The van der Waals surface area contributed by atoms with E-state index in [0.29, 0.717) is 18.7 Å². The molecule has 0 saturated carbocycles. The Morgan fingerprint density at radius 3 is 2.24 bits per heavy atom. The summed E-state index contributed by atoms with van der Waals surface area (Å²) in [7, 11) is 0. The summed E-state index contributed by atoms with van der Waals surface area (Å²) >= 11 is 0. The van der Waals surface area contributed by atoms with Crippen molar-refractivity contribution in [2.24, 2.45) is 11.7 Å². The molecule has 0 saturated heterocycles. The number of hydrogen-bond acceptors (Lipinski definition) is 2. The molecular formula is C15H23NO. The number of carbonyl (C=O) groups is 1. The number of ketones is 1. The molecule has 0 aromatic heterocycles. The van der Waals surface area contributed by atoms with Crippen LogP contribution in [-0.4, -0.2) is 12.3 Å². The van der Waals surface area contributed by atoms with Crippen LogP contribution < -0.4 is 5.73 Å². The van der Waals surface area contributed by atoms with Gasteiger partial charge in [-0.15, -0.1) is 0 Å². The first-order chi connectivity index (χ1) is 7.95. The van der Waals surface area contributed by atoms with Gasteiger partial charge in [0, 0.05) is 12.3 Å². The van der Waals surface area contributed by atoms with Gasteiger partial charge < -0.3 is 5.73 Å². The number of Topliss-reactive ketones (excluding diaryl/α,β-unsaturated/α-hetero) is 1. The second-order valence-electron chi connectivity index (χ2n) is 5.00. The summed E-state index contributed by atoms with van der Waals surface area (Å²) in [6.45, 7) is 8.79. The van der Waals surface area contributed by atoms with Gasteiger partial charge in [-0.1, -0.05) is 24.6 Å². The predicted molar refractivity (Wildman–Crippen MR) is 72.2 cm³/mol. The van der Waals surface area contributed by atoms with E-state index in [4.69, 9.17) is 5.73 Å². The summed E-state index contributed by atoms with van der Waals surface area (Å²) in [6, 6.07) is 4.28. The quantitative estimate of drug-likeness (QED) is 0.849. The van der Waals surface area contributed by atoms with Crippen LogP contribution in [0.2, 0.25) is 0 Å². The molecule has 0 radical (unpaired) electrons. The average molecular weight is 233 g/mol. The maximum atomic E-state index is 12.0. The summed E-state index contributed by atoms with van der Waals surface area (Å²) in [6.07, 6.45) is 1.32. The second kappa shape index (κ2) is 5.97. The Kier molecular flexibility index (Phi) is 4.88. The van der Waals surface area contributed by atoms with E-state index in [1.807, 2.05) is 6.92 Å². The molecule has 1 atom stereocenters. The minimum Gasteiger partial charge on any atom is -0.330 e. The van der Waals surface area contributed by atoms with Gasteiger partial charge in [0.1, 0.15) is 5.78 Å². The van der Waals surface area contributed by atoms with E-state index in [9.17, 15) is 4.79 Å². The van der Waals surface area contributed by atoms with Crippen molar-refractivity contribution in [1.82, 2.24) is 0 Å². The summed E-state index contributed by atoms with van der Waals surface area (Å²) in [5, 5.41) is 0. The topological polar surface area (TPSA) is 43.1 Å². The lowest BCUT2D eigenvalue weighted by Crippen LogP contribution is -2.18. The highest BCUT2D eigenvalue weighted by Crippen LogP contribution is 2.19. The van der Waals surface area contributed by atoms with Crippen LogP contribution in [0.15, 0.2) is 12.1 Å². The summed E-state index contributed by atoms with van der Waals surface area (Å²) in [4.78, 5) is 12.0. The van der Waals surface area contributed by atoms with Gasteiger partial charge in [0.05, 0.1) is 0 Å². The molecule has 94 valence electrons.